The van der Waals surface area contributed by atoms with E-state index in [0.717, 1.165) is 0 Å². The van der Waals surface area contributed by atoms with Crippen molar-refractivity contribution in [1.29, 1.82) is 0 Å². The van der Waals surface area contributed by atoms with Gasteiger partial charge in [0, 0.05) is 37.4 Å². The molecule has 0 unspecified atom stereocenters. The normalized spacial score (nSPS) is 9.55. The first-order chi connectivity index (χ1) is 4.86. The number of aromatic amines is 1. The van der Waals surface area contributed by atoms with Gasteiger partial charge in [-0.25, -0.2) is 0 Å². The van der Waals surface area contributed by atoms with E-state index < -0.39 is 0 Å². The molecule has 2 heteroatoms. The molecule has 0 amide bonds. The Balaban J connectivity index is 0.000000605. The fraction of sp³-hybridized carbons (Fsp3) is 0.111. The number of H-pyrrole nitrogens is 1. The summed E-state index contributed by atoms with van der Waals surface area (Å²) in [5, 5.41) is 1.29. The molecule has 0 fully saturated rings. The van der Waals surface area contributed by atoms with Gasteiger partial charge in [-0.1, -0.05) is 18.2 Å². The van der Waals surface area contributed by atoms with Crippen molar-refractivity contribution in [2.75, 3.05) is 0 Å². The van der Waals surface area contributed by atoms with E-state index in [2.05, 4.69) is 36.2 Å². The third kappa shape index (κ3) is 1.62. The zero-order valence-electron chi connectivity index (χ0n) is 6.33. The van der Waals surface area contributed by atoms with Crippen LogP contribution in [0.1, 0.15) is 5.69 Å². The molecule has 2 aromatic rings. The predicted molar refractivity (Wildman–Crippen MR) is 48.8 cm³/mol. The van der Waals surface area contributed by atoms with Gasteiger partial charge in [-0.3, -0.25) is 0 Å². The van der Waals surface area contributed by atoms with Gasteiger partial charge in [0.25, 0.3) is 0 Å². The number of aryl methyl sites for hydroxylation is 1. The monoisotopic (exact) mass is 340 g/mol. The molecular formula is C9H9BiN. The van der Waals surface area contributed by atoms with Crippen LogP contribution >= 0.6 is 0 Å². The maximum atomic E-state index is 3.26. The zero-order chi connectivity index (χ0) is 6.97. The molecule has 0 spiro atoms. The number of hydrogen-bond donors (Lipinski definition) is 1. The van der Waals surface area contributed by atoms with E-state index in [1.807, 2.05) is 6.07 Å². The number of benzene rings is 1. The second kappa shape index (κ2) is 3.36. The average molecular weight is 340 g/mol. The maximum absolute atomic E-state index is 3.26. The number of nitrogens with one attached hydrogen (secondary N) is 1. The van der Waals surface area contributed by atoms with Crippen molar-refractivity contribution in [2.45, 2.75) is 6.92 Å². The summed E-state index contributed by atoms with van der Waals surface area (Å²) in [5.74, 6) is 0. The Morgan fingerprint density at radius 2 is 1.91 bits per heavy atom. The first-order valence-electron chi connectivity index (χ1n) is 3.40. The molecule has 11 heavy (non-hydrogen) atoms. The Morgan fingerprint density at radius 1 is 1.18 bits per heavy atom. The quantitative estimate of drug-likeness (QED) is 0.707. The molecule has 1 heterocycles. The molecule has 0 aliphatic rings. The first kappa shape index (κ1) is 8.74. The van der Waals surface area contributed by atoms with Crippen LogP contribution in [0.2, 0.25) is 0 Å². The second-order valence-corrected chi connectivity index (χ2v) is 2.54. The van der Waals surface area contributed by atoms with Crippen molar-refractivity contribution in [3.05, 3.63) is 36.0 Å². The van der Waals surface area contributed by atoms with Crippen molar-refractivity contribution in [3.8, 4) is 0 Å². The van der Waals surface area contributed by atoms with Crippen molar-refractivity contribution in [2.24, 2.45) is 0 Å². The van der Waals surface area contributed by atoms with Crippen LogP contribution in [0, 0.1) is 6.92 Å². The minimum Gasteiger partial charge on any atom is -0.359 e. The van der Waals surface area contributed by atoms with Crippen molar-refractivity contribution < 1.29 is 0 Å². The van der Waals surface area contributed by atoms with Crippen LogP contribution in [-0.2, 0) is 0 Å². The number of para-hydroxylation sites is 1. The summed E-state index contributed by atoms with van der Waals surface area (Å²) < 4.78 is 0. The van der Waals surface area contributed by atoms with Crippen LogP contribution in [0.5, 0.6) is 0 Å². The van der Waals surface area contributed by atoms with E-state index in [1.165, 1.54) is 16.6 Å². The Hall–Kier alpha value is -0.357. The van der Waals surface area contributed by atoms with Gasteiger partial charge in [0.1, 0.15) is 0 Å². The zero-order valence-corrected chi connectivity index (χ0v) is 9.81. The van der Waals surface area contributed by atoms with Crippen molar-refractivity contribution in [1.82, 2.24) is 4.98 Å². The van der Waals surface area contributed by atoms with E-state index in [4.69, 9.17) is 0 Å². The van der Waals surface area contributed by atoms with Crippen LogP contribution in [-0.4, -0.2) is 31.2 Å². The molecule has 3 radical (unpaired) electrons. The third-order valence-corrected chi connectivity index (χ3v) is 1.66. The van der Waals surface area contributed by atoms with Crippen LogP contribution < -0.4 is 0 Å². The summed E-state index contributed by atoms with van der Waals surface area (Å²) in [4.78, 5) is 3.26. The van der Waals surface area contributed by atoms with Gasteiger partial charge in [-0.05, 0) is 24.4 Å². The molecular weight excluding hydrogens is 331 g/mol. The molecule has 55 valence electrons. The van der Waals surface area contributed by atoms with Gasteiger partial charge in [0.2, 0.25) is 0 Å². The SMILES string of the molecule is Cc1cc2ccccc2[nH]1.[Bi]. The van der Waals surface area contributed by atoms with E-state index >= 15 is 0 Å². The standard InChI is InChI=1S/C9H9N.Bi/c1-7-6-8-4-2-3-5-9(8)10-7;/h2-6,10H,1H3;. The Bertz CT molecular complexity index is 318. The molecule has 0 aliphatic heterocycles. The molecule has 1 aromatic heterocycles. The molecule has 0 atom stereocenters. The predicted octanol–water partition coefficient (Wildman–Crippen LogP) is 2.10. The Kier molecular flexibility index (Phi) is 2.67. The fourth-order valence-corrected chi connectivity index (χ4v) is 1.22. The molecule has 1 N–H and O–H groups in total. The Labute approximate surface area is 84.9 Å². The van der Waals surface area contributed by atoms with Gasteiger partial charge in [0.05, 0.1) is 0 Å². The summed E-state index contributed by atoms with van der Waals surface area (Å²) in [6, 6.07) is 10.4. The van der Waals surface area contributed by atoms with E-state index in [1.54, 1.807) is 0 Å². The number of fused-ring (bicyclic) bond motifs is 1. The van der Waals surface area contributed by atoms with Crippen LogP contribution in [0.15, 0.2) is 30.3 Å². The Morgan fingerprint density at radius 3 is 2.64 bits per heavy atom. The molecule has 2 rings (SSSR count). The van der Waals surface area contributed by atoms with Crippen LogP contribution in [0.3, 0.4) is 0 Å². The molecule has 0 saturated heterocycles. The smallest absolute Gasteiger partial charge is 0.0455 e. The molecule has 1 nitrogen and oxygen atoms in total. The summed E-state index contributed by atoms with van der Waals surface area (Å²) in [6.07, 6.45) is 0. The summed E-state index contributed by atoms with van der Waals surface area (Å²) in [7, 11) is 0. The van der Waals surface area contributed by atoms with Crippen LogP contribution in [0.4, 0.5) is 0 Å². The van der Waals surface area contributed by atoms with Gasteiger partial charge >= 0.3 is 0 Å². The fourth-order valence-electron chi connectivity index (χ4n) is 1.22. The minimum absolute atomic E-state index is 0. The summed E-state index contributed by atoms with van der Waals surface area (Å²) >= 11 is 0. The topological polar surface area (TPSA) is 15.8 Å². The first-order valence-corrected chi connectivity index (χ1v) is 3.40. The van der Waals surface area contributed by atoms with E-state index in [9.17, 15) is 0 Å². The maximum Gasteiger partial charge on any atom is 0.0455 e. The van der Waals surface area contributed by atoms with Gasteiger partial charge in [-0.2, -0.15) is 0 Å². The van der Waals surface area contributed by atoms with Crippen molar-refractivity contribution in [3.63, 3.8) is 0 Å². The number of aromatic nitrogens is 1. The van der Waals surface area contributed by atoms with Gasteiger partial charge < -0.3 is 4.98 Å². The number of rotatable bonds is 0. The minimum atomic E-state index is 0. The average Bonchev–Trinajstić information content (AvgIpc) is 2.27. The molecule has 1 aromatic carbocycles. The van der Waals surface area contributed by atoms with E-state index in [0.29, 0.717) is 0 Å². The van der Waals surface area contributed by atoms with Crippen LogP contribution in [0.25, 0.3) is 10.9 Å². The second-order valence-electron chi connectivity index (χ2n) is 2.54. The summed E-state index contributed by atoms with van der Waals surface area (Å²) in [5.41, 5.74) is 2.45. The molecule has 0 saturated carbocycles. The largest absolute Gasteiger partial charge is 0.359 e. The summed E-state index contributed by atoms with van der Waals surface area (Å²) in [6.45, 7) is 2.07. The van der Waals surface area contributed by atoms with Gasteiger partial charge in [0.15, 0.2) is 0 Å². The van der Waals surface area contributed by atoms with Gasteiger partial charge in [-0.15, -0.1) is 0 Å². The molecule has 0 bridgehead atoms. The van der Waals surface area contributed by atoms with E-state index in [-0.39, 0.29) is 26.2 Å². The molecule has 0 aliphatic carbocycles. The number of hydrogen-bond acceptors (Lipinski definition) is 0. The third-order valence-electron chi connectivity index (χ3n) is 1.66. The van der Waals surface area contributed by atoms with Crippen molar-refractivity contribution >= 4 is 37.1 Å².